The number of hydrogen-bond donors (Lipinski definition) is 1. The molecule has 1 aliphatic heterocycles. The van der Waals surface area contributed by atoms with Crippen molar-refractivity contribution < 1.29 is 32.2 Å². The van der Waals surface area contributed by atoms with E-state index in [0.717, 1.165) is 31.6 Å². The van der Waals surface area contributed by atoms with E-state index in [4.69, 9.17) is 9.47 Å². The normalized spacial score (nSPS) is 14.9. The number of rotatable bonds is 8. The first kappa shape index (κ1) is 21.9. The Hall–Kier alpha value is -2.81. The lowest BCUT2D eigenvalue weighted by Crippen LogP contribution is -2.32. The molecule has 1 saturated heterocycles. The average molecular weight is 424 g/mol. The third-order valence-corrected chi connectivity index (χ3v) is 4.67. The maximum absolute atomic E-state index is 12.2. The van der Waals surface area contributed by atoms with Gasteiger partial charge in [-0.2, -0.15) is 0 Å². The summed E-state index contributed by atoms with van der Waals surface area (Å²) >= 11 is 0. The van der Waals surface area contributed by atoms with Crippen molar-refractivity contribution in [2.45, 2.75) is 25.6 Å². The molecule has 1 aromatic carbocycles. The van der Waals surface area contributed by atoms with Crippen LogP contribution >= 0.6 is 0 Å². The van der Waals surface area contributed by atoms with Gasteiger partial charge in [0.05, 0.1) is 6.61 Å². The Morgan fingerprint density at radius 3 is 2.43 bits per heavy atom. The molecule has 1 aliphatic rings. The number of pyridine rings is 1. The zero-order chi connectivity index (χ0) is 21.4. The molecule has 1 N–H and O–H groups in total. The van der Waals surface area contributed by atoms with Crippen LogP contribution in [0.25, 0.3) is 0 Å². The summed E-state index contributed by atoms with van der Waals surface area (Å²) in [5.41, 5.74) is 1.24. The average Bonchev–Trinajstić information content (AvgIpc) is 2.73. The molecule has 0 unspecified atom stereocenters. The van der Waals surface area contributed by atoms with Gasteiger partial charge in [-0.05, 0) is 54.7 Å². The molecule has 6 nitrogen and oxygen atoms in total. The first-order chi connectivity index (χ1) is 14.4. The van der Waals surface area contributed by atoms with E-state index in [1.165, 1.54) is 24.3 Å². The Balaban J connectivity index is 1.40. The van der Waals surface area contributed by atoms with E-state index in [9.17, 15) is 18.0 Å². The maximum atomic E-state index is 12.2. The zero-order valence-electron chi connectivity index (χ0n) is 16.3. The van der Waals surface area contributed by atoms with Gasteiger partial charge in [0, 0.05) is 32.4 Å². The Morgan fingerprint density at radius 1 is 1.10 bits per heavy atom. The number of amides is 1. The molecule has 0 atom stereocenters. The van der Waals surface area contributed by atoms with Crippen LogP contribution < -0.4 is 14.8 Å². The van der Waals surface area contributed by atoms with Crippen LogP contribution in [0.4, 0.5) is 13.2 Å². The van der Waals surface area contributed by atoms with Crippen molar-refractivity contribution in [1.29, 1.82) is 0 Å². The predicted octanol–water partition coefficient (Wildman–Crippen LogP) is 3.76. The van der Waals surface area contributed by atoms with E-state index in [1.807, 2.05) is 0 Å². The number of ether oxygens (including phenoxy) is 3. The zero-order valence-corrected chi connectivity index (χ0v) is 16.3. The third-order valence-electron chi connectivity index (χ3n) is 4.67. The minimum atomic E-state index is -4.72. The standard InChI is InChI=1S/C21H23F3N2O4/c22-21(23,24)30-18-4-2-17(3-5-18)29-12-9-15-1-6-19(25-13-15)20(27)26-14-16-7-10-28-11-8-16/h1-6,13,16H,7-12,14H2,(H,26,27). The van der Waals surface area contributed by atoms with Crippen LogP contribution in [-0.2, 0) is 11.2 Å². The van der Waals surface area contributed by atoms with Gasteiger partial charge in [-0.25, -0.2) is 0 Å². The van der Waals surface area contributed by atoms with Crippen molar-refractivity contribution in [1.82, 2.24) is 10.3 Å². The molecule has 0 bridgehead atoms. The maximum Gasteiger partial charge on any atom is 0.573 e. The first-order valence-electron chi connectivity index (χ1n) is 9.68. The lowest BCUT2D eigenvalue weighted by atomic mass is 10.0. The van der Waals surface area contributed by atoms with Crippen molar-refractivity contribution in [3.63, 3.8) is 0 Å². The fourth-order valence-corrected chi connectivity index (χ4v) is 3.01. The van der Waals surface area contributed by atoms with Crippen LogP contribution in [0.2, 0.25) is 0 Å². The molecule has 162 valence electrons. The highest BCUT2D eigenvalue weighted by Crippen LogP contribution is 2.24. The molecule has 30 heavy (non-hydrogen) atoms. The van der Waals surface area contributed by atoms with Crippen LogP contribution in [0.1, 0.15) is 28.9 Å². The van der Waals surface area contributed by atoms with Crippen LogP contribution in [0.15, 0.2) is 42.6 Å². The number of halogens is 3. The summed E-state index contributed by atoms with van der Waals surface area (Å²) in [5.74, 6) is 0.366. The smallest absolute Gasteiger partial charge is 0.493 e. The van der Waals surface area contributed by atoms with E-state index in [0.29, 0.717) is 36.9 Å². The summed E-state index contributed by atoms with van der Waals surface area (Å²) in [7, 11) is 0. The number of carbonyl (C=O) groups is 1. The van der Waals surface area contributed by atoms with Gasteiger partial charge < -0.3 is 19.5 Å². The molecule has 3 rings (SSSR count). The van der Waals surface area contributed by atoms with E-state index < -0.39 is 6.36 Å². The molecule has 0 aliphatic carbocycles. The van der Waals surface area contributed by atoms with Gasteiger partial charge in [0.2, 0.25) is 0 Å². The quantitative estimate of drug-likeness (QED) is 0.699. The van der Waals surface area contributed by atoms with Crippen molar-refractivity contribution in [3.8, 4) is 11.5 Å². The molecule has 1 fully saturated rings. The molecule has 1 amide bonds. The van der Waals surface area contributed by atoms with Crippen LogP contribution in [0.3, 0.4) is 0 Å². The number of benzene rings is 1. The van der Waals surface area contributed by atoms with Crippen molar-refractivity contribution in [2.24, 2.45) is 5.92 Å². The Labute approximate surface area is 172 Å². The van der Waals surface area contributed by atoms with Gasteiger partial charge in [-0.15, -0.1) is 13.2 Å². The van der Waals surface area contributed by atoms with Crippen molar-refractivity contribution >= 4 is 5.91 Å². The molecular weight excluding hydrogens is 401 g/mol. The highest BCUT2D eigenvalue weighted by atomic mass is 19.4. The van der Waals surface area contributed by atoms with Gasteiger partial charge in [-0.1, -0.05) is 6.07 Å². The summed E-state index contributed by atoms with van der Waals surface area (Å²) in [5, 5.41) is 2.91. The van der Waals surface area contributed by atoms with Gasteiger partial charge in [0.25, 0.3) is 5.91 Å². The summed E-state index contributed by atoms with van der Waals surface area (Å²) in [4.78, 5) is 16.4. The second-order valence-corrected chi connectivity index (χ2v) is 6.94. The topological polar surface area (TPSA) is 69.7 Å². The summed E-state index contributed by atoms with van der Waals surface area (Å²) in [6.45, 7) is 2.41. The van der Waals surface area contributed by atoms with E-state index >= 15 is 0 Å². The number of hydrogen-bond acceptors (Lipinski definition) is 5. The minimum absolute atomic E-state index is 0.203. The molecule has 1 aromatic heterocycles. The van der Waals surface area contributed by atoms with E-state index in [2.05, 4.69) is 15.0 Å². The SMILES string of the molecule is O=C(NCC1CCOCC1)c1ccc(CCOc2ccc(OC(F)(F)F)cc2)cn1. The highest BCUT2D eigenvalue weighted by molar-refractivity contribution is 5.92. The molecule has 2 heterocycles. The summed E-state index contributed by atoms with van der Waals surface area (Å²) in [6.07, 6.45) is -0.663. The van der Waals surface area contributed by atoms with E-state index in [-0.39, 0.29) is 11.7 Å². The third kappa shape index (κ3) is 7.22. The molecule has 0 saturated carbocycles. The molecule has 0 radical (unpaired) electrons. The lowest BCUT2D eigenvalue weighted by molar-refractivity contribution is -0.274. The second-order valence-electron chi connectivity index (χ2n) is 6.94. The van der Waals surface area contributed by atoms with Crippen LogP contribution in [0, 0.1) is 5.92 Å². The Bertz CT molecular complexity index is 804. The predicted molar refractivity (Wildman–Crippen MR) is 102 cm³/mol. The number of nitrogens with zero attached hydrogens (tertiary/aromatic N) is 1. The first-order valence-corrected chi connectivity index (χ1v) is 9.68. The fraction of sp³-hybridized carbons (Fsp3) is 0.429. The molecule has 2 aromatic rings. The van der Waals surface area contributed by atoms with Gasteiger partial charge in [0.1, 0.15) is 17.2 Å². The Kier molecular flexibility index (Phi) is 7.51. The van der Waals surface area contributed by atoms with E-state index in [1.54, 1.807) is 18.3 Å². The van der Waals surface area contributed by atoms with Crippen LogP contribution in [-0.4, -0.2) is 43.6 Å². The monoisotopic (exact) mass is 424 g/mol. The van der Waals surface area contributed by atoms with Gasteiger partial charge >= 0.3 is 6.36 Å². The second kappa shape index (κ2) is 10.3. The van der Waals surface area contributed by atoms with Gasteiger partial charge in [0.15, 0.2) is 0 Å². The van der Waals surface area contributed by atoms with Crippen molar-refractivity contribution in [2.75, 3.05) is 26.4 Å². The van der Waals surface area contributed by atoms with Crippen molar-refractivity contribution in [3.05, 3.63) is 53.9 Å². The Morgan fingerprint density at radius 2 is 1.80 bits per heavy atom. The lowest BCUT2D eigenvalue weighted by Gasteiger charge is -2.22. The largest absolute Gasteiger partial charge is 0.573 e. The molecule has 0 spiro atoms. The summed E-state index contributed by atoms with van der Waals surface area (Å²) in [6, 6.07) is 8.67. The van der Waals surface area contributed by atoms with Crippen LogP contribution in [0.5, 0.6) is 11.5 Å². The fourth-order valence-electron chi connectivity index (χ4n) is 3.01. The molecule has 9 heteroatoms. The number of carbonyl (C=O) groups excluding carboxylic acids is 1. The summed E-state index contributed by atoms with van der Waals surface area (Å²) < 4.78 is 51.1. The van der Waals surface area contributed by atoms with Gasteiger partial charge in [-0.3, -0.25) is 9.78 Å². The molecular formula is C21H23F3N2O4. The minimum Gasteiger partial charge on any atom is -0.493 e. The highest BCUT2D eigenvalue weighted by Gasteiger charge is 2.30. The number of aromatic nitrogens is 1. The number of nitrogens with one attached hydrogen (secondary N) is 1. The number of alkyl halides is 3.